The Kier molecular flexibility index (Phi) is 5.76. The molecule has 2 unspecified atom stereocenters. The summed E-state index contributed by atoms with van der Waals surface area (Å²) in [4.78, 5) is 33.6. The zero-order valence-corrected chi connectivity index (χ0v) is 16.7. The Bertz CT molecular complexity index is 847. The molecule has 7 nitrogen and oxygen atoms in total. The van der Waals surface area contributed by atoms with Crippen LogP contribution in [0.25, 0.3) is 0 Å². The molecule has 0 radical (unpaired) electrons. The van der Waals surface area contributed by atoms with Gasteiger partial charge in [-0.25, -0.2) is 0 Å². The van der Waals surface area contributed by atoms with Gasteiger partial charge in [0.2, 0.25) is 11.8 Å². The number of aromatic nitrogens is 1. The molecule has 1 aromatic heterocycles. The van der Waals surface area contributed by atoms with E-state index in [2.05, 4.69) is 32.5 Å². The Hall–Kier alpha value is -2.93. The molecular weight excluding hydrogens is 366 g/mol. The third kappa shape index (κ3) is 4.92. The van der Waals surface area contributed by atoms with Crippen LogP contribution in [0.5, 0.6) is 0 Å². The summed E-state index contributed by atoms with van der Waals surface area (Å²) in [5.41, 5.74) is 2.75. The van der Waals surface area contributed by atoms with Gasteiger partial charge in [0.25, 0.3) is 0 Å². The van der Waals surface area contributed by atoms with Crippen molar-refractivity contribution in [2.75, 3.05) is 43.4 Å². The first-order valence-corrected chi connectivity index (χ1v) is 10.1. The number of amides is 2. The van der Waals surface area contributed by atoms with Gasteiger partial charge in [0.05, 0.1) is 24.1 Å². The van der Waals surface area contributed by atoms with Gasteiger partial charge in [0.15, 0.2) is 0 Å². The van der Waals surface area contributed by atoms with E-state index in [4.69, 9.17) is 0 Å². The van der Waals surface area contributed by atoms with Crippen LogP contribution < -0.4 is 15.5 Å². The average Bonchev–Trinajstić information content (AvgIpc) is 3.55. The summed E-state index contributed by atoms with van der Waals surface area (Å²) in [7, 11) is 2.14. The van der Waals surface area contributed by atoms with E-state index in [9.17, 15) is 9.59 Å². The maximum absolute atomic E-state index is 12.5. The van der Waals surface area contributed by atoms with Gasteiger partial charge in [-0.15, -0.1) is 0 Å². The van der Waals surface area contributed by atoms with E-state index < -0.39 is 0 Å². The normalized spacial score (nSPS) is 21.5. The van der Waals surface area contributed by atoms with Gasteiger partial charge in [0, 0.05) is 43.8 Å². The molecule has 2 N–H and O–H groups in total. The molecule has 1 aliphatic heterocycles. The number of carbonyl (C=O) groups excluding carboxylic acids is 2. The molecule has 1 aromatic carbocycles. The minimum absolute atomic E-state index is 0.0822. The first-order valence-electron chi connectivity index (χ1n) is 10.1. The van der Waals surface area contributed by atoms with Gasteiger partial charge in [-0.05, 0) is 49.9 Å². The summed E-state index contributed by atoms with van der Waals surface area (Å²) in [6.45, 7) is 4.53. The van der Waals surface area contributed by atoms with Gasteiger partial charge in [-0.1, -0.05) is 6.07 Å². The third-order valence-electron chi connectivity index (χ3n) is 5.64. The van der Waals surface area contributed by atoms with E-state index in [1.54, 1.807) is 6.20 Å². The predicted molar refractivity (Wildman–Crippen MR) is 112 cm³/mol. The largest absolute Gasteiger partial charge is 0.369 e. The fourth-order valence-corrected chi connectivity index (χ4v) is 3.64. The van der Waals surface area contributed by atoms with Crippen LogP contribution in [-0.4, -0.2) is 54.9 Å². The van der Waals surface area contributed by atoms with Crippen molar-refractivity contribution in [3.05, 3.63) is 54.4 Å². The monoisotopic (exact) mass is 393 g/mol. The maximum Gasteiger partial charge on any atom is 0.228 e. The Balaban J connectivity index is 1.24. The average molecular weight is 393 g/mol. The van der Waals surface area contributed by atoms with Crippen molar-refractivity contribution in [2.45, 2.75) is 13.0 Å². The summed E-state index contributed by atoms with van der Waals surface area (Å²) in [6.07, 6.45) is 2.29. The summed E-state index contributed by atoms with van der Waals surface area (Å²) in [5, 5.41) is 5.81. The molecule has 2 aromatic rings. The molecule has 2 heterocycles. The van der Waals surface area contributed by atoms with Crippen molar-refractivity contribution >= 4 is 23.2 Å². The molecule has 2 amide bonds. The van der Waals surface area contributed by atoms with E-state index in [1.807, 2.05) is 42.5 Å². The lowest BCUT2D eigenvalue weighted by Gasteiger charge is -2.34. The second-order valence-electron chi connectivity index (χ2n) is 7.81. The summed E-state index contributed by atoms with van der Waals surface area (Å²) in [6, 6.07) is 13.5. The fraction of sp³-hybridized carbons (Fsp3) is 0.409. The summed E-state index contributed by atoms with van der Waals surface area (Å²) in [5.74, 6) is -0.670. The van der Waals surface area contributed by atoms with Crippen LogP contribution in [0.4, 0.5) is 11.4 Å². The Morgan fingerprint density at radius 1 is 1.00 bits per heavy atom. The van der Waals surface area contributed by atoms with Crippen LogP contribution in [0.3, 0.4) is 0 Å². The van der Waals surface area contributed by atoms with Crippen molar-refractivity contribution < 1.29 is 9.59 Å². The number of rotatable bonds is 6. The first kappa shape index (κ1) is 19.4. The van der Waals surface area contributed by atoms with Crippen molar-refractivity contribution in [1.29, 1.82) is 0 Å². The predicted octanol–water partition coefficient (Wildman–Crippen LogP) is 1.72. The number of likely N-dealkylation sites (N-methyl/N-ethyl adjacent to an activating group) is 1. The number of carbonyl (C=O) groups is 2. The number of anilines is 2. The molecule has 1 saturated carbocycles. The van der Waals surface area contributed by atoms with Crippen molar-refractivity contribution in [3.8, 4) is 0 Å². The Morgan fingerprint density at radius 2 is 1.72 bits per heavy atom. The number of pyridine rings is 1. The van der Waals surface area contributed by atoms with E-state index in [-0.39, 0.29) is 23.7 Å². The van der Waals surface area contributed by atoms with Crippen LogP contribution in [0.2, 0.25) is 0 Å². The topological polar surface area (TPSA) is 77.6 Å². The maximum atomic E-state index is 12.5. The molecule has 152 valence electrons. The SMILES string of the molecule is CN1CCN(c2ccc(NC(=O)C3CC3C(=O)NCc3ccccn3)cc2)CC1. The molecule has 29 heavy (non-hydrogen) atoms. The number of piperazine rings is 1. The Morgan fingerprint density at radius 3 is 2.41 bits per heavy atom. The molecule has 0 spiro atoms. The van der Waals surface area contributed by atoms with E-state index >= 15 is 0 Å². The third-order valence-corrected chi connectivity index (χ3v) is 5.64. The van der Waals surface area contributed by atoms with Crippen LogP contribution in [0.15, 0.2) is 48.7 Å². The highest BCUT2D eigenvalue weighted by atomic mass is 16.2. The Labute approximate surface area is 171 Å². The highest BCUT2D eigenvalue weighted by Gasteiger charge is 2.47. The zero-order valence-electron chi connectivity index (χ0n) is 16.7. The number of hydrogen-bond donors (Lipinski definition) is 2. The minimum Gasteiger partial charge on any atom is -0.369 e. The van der Waals surface area contributed by atoms with Crippen molar-refractivity contribution in [2.24, 2.45) is 11.8 Å². The van der Waals surface area contributed by atoms with Crippen LogP contribution in [0, 0.1) is 11.8 Å². The molecular formula is C22H27N5O2. The molecule has 1 aliphatic carbocycles. The molecule has 2 fully saturated rings. The van der Waals surface area contributed by atoms with Gasteiger partial charge < -0.3 is 20.4 Å². The van der Waals surface area contributed by atoms with Gasteiger partial charge >= 0.3 is 0 Å². The number of hydrogen-bond acceptors (Lipinski definition) is 5. The smallest absolute Gasteiger partial charge is 0.228 e. The molecule has 4 rings (SSSR count). The molecule has 0 bridgehead atoms. The number of benzene rings is 1. The lowest BCUT2D eigenvalue weighted by atomic mass is 10.2. The fourth-order valence-electron chi connectivity index (χ4n) is 3.64. The molecule has 7 heteroatoms. The second-order valence-corrected chi connectivity index (χ2v) is 7.81. The number of nitrogens with zero attached hydrogens (tertiary/aromatic N) is 3. The van der Waals surface area contributed by atoms with Crippen LogP contribution >= 0.6 is 0 Å². The standard InChI is InChI=1S/C22H27N5O2/c1-26-10-12-27(13-11-26)18-7-5-16(6-8-18)25-22(29)20-14-19(20)21(28)24-15-17-4-2-3-9-23-17/h2-9,19-20H,10-15H2,1H3,(H,24,28)(H,25,29). The van der Waals surface area contributed by atoms with Crippen LogP contribution in [0.1, 0.15) is 12.1 Å². The first-order chi connectivity index (χ1) is 14.1. The number of nitrogens with one attached hydrogen (secondary N) is 2. The second kappa shape index (κ2) is 8.61. The van der Waals surface area contributed by atoms with Crippen molar-refractivity contribution in [1.82, 2.24) is 15.2 Å². The van der Waals surface area contributed by atoms with Crippen molar-refractivity contribution in [3.63, 3.8) is 0 Å². The summed E-state index contributed by atoms with van der Waals surface area (Å²) >= 11 is 0. The van der Waals surface area contributed by atoms with Gasteiger partial charge in [-0.3, -0.25) is 14.6 Å². The van der Waals surface area contributed by atoms with Crippen LogP contribution in [-0.2, 0) is 16.1 Å². The molecule has 2 atom stereocenters. The lowest BCUT2D eigenvalue weighted by Crippen LogP contribution is -2.44. The lowest BCUT2D eigenvalue weighted by molar-refractivity contribution is -0.125. The summed E-state index contributed by atoms with van der Waals surface area (Å²) < 4.78 is 0. The van der Waals surface area contributed by atoms with Gasteiger partial charge in [-0.2, -0.15) is 0 Å². The molecule has 2 aliphatic rings. The van der Waals surface area contributed by atoms with E-state index in [1.165, 1.54) is 5.69 Å². The molecule has 1 saturated heterocycles. The highest BCUT2D eigenvalue weighted by molar-refractivity contribution is 5.99. The zero-order chi connectivity index (χ0) is 20.2. The van der Waals surface area contributed by atoms with Gasteiger partial charge in [0.1, 0.15) is 0 Å². The van der Waals surface area contributed by atoms with E-state index in [0.717, 1.165) is 37.6 Å². The van der Waals surface area contributed by atoms with E-state index in [0.29, 0.717) is 13.0 Å². The quantitative estimate of drug-likeness (QED) is 0.782. The minimum atomic E-state index is -0.254. The highest BCUT2D eigenvalue weighted by Crippen LogP contribution is 2.39.